The molecule has 104 valence electrons. The van der Waals surface area contributed by atoms with Crippen LogP contribution >= 0.6 is 0 Å². The van der Waals surface area contributed by atoms with Crippen molar-refractivity contribution in [3.8, 4) is 5.75 Å². The first kappa shape index (κ1) is 14.8. The normalized spacial score (nSPS) is 11.5. The summed E-state index contributed by atoms with van der Waals surface area (Å²) in [6, 6.07) is 4.50. The van der Waals surface area contributed by atoms with Crippen molar-refractivity contribution in [3.63, 3.8) is 0 Å². The van der Waals surface area contributed by atoms with Crippen molar-refractivity contribution in [2.24, 2.45) is 0 Å². The van der Waals surface area contributed by atoms with E-state index in [0.717, 1.165) is 0 Å². The highest BCUT2D eigenvalue weighted by Gasteiger charge is 2.20. The molecule has 1 unspecified atom stereocenters. The topological polar surface area (TPSA) is 87.8 Å². The standard InChI is InChI=1S/C13H17NO5/c1-4-18-12(15)8(2)19-13(16)9-5-6-11(17-3)10(14)7-9/h5-8H,4,14H2,1-3H3. The first-order chi connectivity index (χ1) is 8.99. The van der Waals surface area contributed by atoms with E-state index in [1.165, 1.54) is 26.2 Å². The quantitative estimate of drug-likeness (QED) is 0.640. The Morgan fingerprint density at radius 3 is 2.58 bits per heavy atom. The fourth-order valence-corrected chi connectivity index (χ4v) is 1.40. The zero-order valence-electron chi connectivity index (χ0n) is 11.1. The van der Waals surface area contributed by atoms with E-state index in [9.17, 15) is 9.59 Å². The molecule has 0 fully saturated rings. The molecule has 2 N–H and O–H groups in total. The molecule has 0 bridgehead atoms. The van der Waals surface area contributed by atoms with E-state index in [1.54, 1.807) is 13.0 Å². The van der Waals surface area contributed by atoms with Gasteiger partial charge in [0.25, 0.3) is 0 Å². The summed E-state index contributed by atoms with van der Waals surface area (Å²) in [6.45, 7) is 3.36. The molecular weight excluding hydrogens is 250 g/mol. The number of nitrogens with two attached hydrogens (primary N) is 1. The van der Waals surface area contributed by atoms with E-state index in [2.05, 4.69) is 0 Å². The van der Waals surface area contributed by atoms with Crippen molar-refractivity contribution in [2.75, 3.05) is 19.5 Å². The third kappa shape index (κ3) is 3.87. The van der Waals surface area contributed by atoms with Crippen LogP contribution in [0.3, 0.4) is 0 Å². The smallest absolute Gasteiger partial charge is 0.347 e. The Morgan fingerprint density at radius 1 is 1.37 bits per heavy atom. The largest absolute Gasteiger partial charge is 0.495 e. The molecule has 1 aromatic carbocycles. The third-order valence-electron chi connectivity index (χ3n) is 2.37. The molecule has 19 heavy (non-hydrogen) atoms. The minimum atomic E-state index is -0.962. The van der Waals surface area contributed by atoms with Crippen molar-refractivity contribution in [1.82, 2.24) is 0 Å². The van der Waals surface area contributed by atoms with Crippen molar-refractivity contribution in [3.05, 3.63) is 23.8 Å². The summed E-state index contributed by atoms with van der Waals surface area (Å²) in [5.74, 6) is -0.762. The number of nitrogen functional groups attached to an aromatic ring is 1. The maximum atomic E-state index is 11.8. The molecule has 0 spiro atoms. The van der Waals surface area contributed by atoms with Crippen LogP contribution in [0.5, 0.6) is 5.75 Å². The number of hydrogen-bond acceptors (Lipinski definition) is 6. The summed E-state index contributed by atoms with van der Waals surface area (Å²) >= 11 is 0. The number of hydrogen-bond donors (Lipinski definition) is 1. The summed E-state index contributed by atoms with van der Waals surface area (Å²) < 4.78 is 14.7. The Morgan fingerprint density at radius 2 is 2.05 bits per heavy atom. The second-order valence-electron chi connectivity index (χ2n) is 3.76. The SMILES string of the molecule is CCOC(=O)C(C)OC(=O)c1ccc(OC)c(N)c1. The van der Waals surface area contributed by atoms with Gasteiger partial charge in [0.05, 0.1) is 25.0 Å². The Bertz CT molecular complexity index is 472. The van der Waals surface area contributed by atoms with Crippen LogP contribution in [0, 0.1) is 0 Å². The van der Waals surface area contributed by atoms with E-state index in [4.69, 9.17) is 19.9 Å². The first-order valence-electron chi connectivity index (χ1n) is 5.80. The highest BCUT2D eigenvalue weighted by Crippen LogP contribution is 2.22. The van der Waals surface area contributed by atoms with Crippen LogP contribution in [-0.2, 0) is 14.3 Å². The maximum absolute atomic E-state index is 11.8. The molecule has 0 aromatic heterocycles. The van der Waals surface area contributed by atoms with Crippen LogP contribution in [0.1, 0.15) is 24.2 Å². The molecule has 0 amide bonds. The predicted molar refractivity (Wildman–Crippen MR) is 68.9 cm³/mol. The van der Waals surface area contributed by atoms with Gasteiger partial charge in [-0.3, -0.25) is 0 Å². The molecule has 0 saturated carbocycles. The van der Waals surface area contributed by atoms with Gasteiger partial charge in [0, 0.05) is 0 Å². The van der Waals surface area contributed by atoms with E-state index in [1.807, 2.05) is 0 Å². The average Bonchev–Trinajstić information content (AvgIpc) is 2.38. The summed E-state index contributed by atoms with van der Waals surface area (Å²) in [5, 5.41) is 0. The second kappa shape index (κ2) is 6.63. The van der Waals surface area contributed by atoms with Gasteiger partial charge in [-0.05, 0) is 32.0 Å². The molecule has 0 saturated heterocycles. The van der Waals surface area contributed by atoms with Gasteiger partial charge < -0.3 is 19.9 Å². The monoisotopic (exact) mass is 267 g/mol. The van der Waals surface area contributed by atoms with Crippen LogP contribution in [0.2, 0.25) is 0 Å². The average molecular weight is 267 g/mol. The molecule has 0 heterocycles. The van der Waals surface area contributed by atoms with Gasteiger partial charge in [0.1, 0.15) is 5.75 Å². The van der Waals surface area contributed by atoms with E-state index in [-0.39, 0.29) is 12.2 Å². The molecule has 0 radical (unpaired) electrons. The fraction of sp³-hybridized carbons (Fsp3) is 0.385. The van der Waals surface area contributed by atoms with Crippen molar-refractivity contribution >= 4 is 17.6 Å². The minimum absolute atomic E-state index is 0.232. The Hall–Kier alpha value is -2.24. The predicted octanol–water partition coefficient (Wildman–Crippen LogP) is 1.39. The van der Waals surface area contributed by atoms with Gasteiger partial charge in [-0.1, -0.05) is 0 Å². The number of methoxy groups -OCH3 is 1. The van der Waals surface area contributed by atoms with Gasteiger partial charge in [-0.2, -0.15) is 0 Å². The summed E-state index contributed by atoms with van der Waals surface area (Å²) in [7, 11) is 1.48. The number of anilines is 1. The number of rotatable bonds is 5. The molecule has 6 nitrogen and oxygen atoms in total. The molecule has 1 atom stereocenters. The minimum Gasteiger partial charge on any atom is -0.495 e. The third-order valence-corrected chi connectivity index (χ3v) is 2.37. The van der Waals surface area contributed by atoms with Crippen LogP contribution in [0.4, 0.5) is 5.69 Å². The highest BCUT2D eigenvalue weighted by molar-refractivity contribution is 5.92. The maximum Gasteiger partial charge on any atom is 0.347 e. The van der Waals surface area contributed by atoms with Crippen molar-refractivity contribution in [2.45, 2.75) is 20.0 Å². The second-order valence-corrected chi connectivity index (χ2v) is 3.76. The number of esters is 2. The van der Waals surface area contributed by atoms with Crippen LogP contribution in [-0.4, -0.2) is 31.8 Å². The van der Waals surface area contributed by atoms with E-state index in [0.29, 0.717) is 11.4 Å². The zero-order chi connectivity index (χ0) is 14.4. The van der Waals surface area contributed by atoms with Gasteiger partial charge in [-0.15, -0.1) is 0 Å². The molecule has 1 aromatic rings. The molecule has 0 aliphatic rings. The van der Waals surface area contributed by atoms with Crippen LogP contribution in [0.15, 0.2) is 18.2 Å². The van der Waals surface area contributed by atoms with Gasteiger partial charge in [0.15, 0.2) is 6.10 Å². The molecular formula is C13H17NO5. The Labute approximate surface area is 111 Å². The van der Waals surface area contributed by atoms with E-state index >= 15 is 0 Å². The zero-order valence-corrected chi connectivity index (χ0v) is 11.1. The van der Waals surface area contributed by atoms with Gasteiger partial charge in [-0.25, -0.2) is 9.59 Å². The molecule has 1 rings (SSSR count). The van der Waals surface area contributed by atoms with E-state index < -0.39 is 18.0 Å². The van der Waals surface area contributed by atoms with Gasteiger partial charge in [0.2, 0.25) is 0 Å². The number of carbonyl (C=O) groups excluding carboxylic acids is 2. The van der Waals surface area contributed by atoms with Gasteiger partial charge >= 0.3 is 11.9 Å². The lowest BCUT2D eigenvalue weighted by Gasteiger charge is -2.12. The Balaban J connectivity index is 2.73. The lowest BCUT2D eigenvalue weighted by molar-refractivity contribution is -0.152. The number of ether oxygens (including phenoxy) is 3. The molecule has 6 heteroatoms. The highest BCUT2D eigenvalue weighted by atomic mass is 16.6. The molecule has 0 aliphatic carbocycles. The summed E-state index contributed by atoms with van der Waals surface area (Å²) in [6.07, 6.45) is -0.962. The Kier molecular flexibility index (Phi) is 5.17. The first-order valence-corrected chi connectivity index (χ1v) is 5.80. The van der Waals surface area contributed by atoms with Crippen LogP contribution in [0.25, 0.3) is 0 Å². The van der Waals surface area contributed by atoms with Crippen LogP contribution < -0.4 is 10.5 Å². The number of benzene rings is 1. The number of carbonyl (C=O) groups is 2. The molecule has 0 aliphatic heterocycles. The van der Waals surface area contributed by atoms with Crippen molar-refractivity contribution < 1.29 is 23.8 Å². The lowest BCUT2D eigenvalue weighted by atomic mass is 10.2. The van der Waals surface area contributed by atoms with Crippen molar-refractivity contribution in [1.29, 1.82) is 0 Å². The lowest BCUT2D eigenvalue weighted by Crippen LogP contribution is -2.26. The summed E-state index contributed by atoms with van der Waals surface area (Å²) in [5.41, 5.74) is 6.25. The summed E-state index contributed by atoms with van der Waals surface area (Å²) in [4.78, 5) is 23.1. The fourth-order valence-electron chi connectivity index (χ4n) is 1.40.